The van der Waals surface area contributed by atoms with Crippen LogP contribution in [0.4, 0.5) is 10.2 Å². The molecule has 2 aliphatic rings. The monoisotopic (exact) mass is 590 g/mol. The normalized spacial score (nSPS) is 18.7. The first-order chi connectivity index (χ1) is 20.0. The lowest BCUT2D eigenvalue weighted by Gasteiger charge is -2.24. The summed E-state index contributed by atoms with van der Waals surface area (Å²) in [6.45, 7) is 0.860. The number of nitrogens with one attached hydrogen (secondary N) is 1. The Bertz CT molecular complexity index is 1570. The fourth-order valence-corrected chi connectivity index (χ4v) is 6.69. The number of fused-ring (bicyclic) bond motifs is 1. The summed E-state index contributed by atoms with van der Waals surface area (Å²) in [5.74, 6) is -0.401. The zero-order chi connectivity index (χ0) is 28.3. The van der Waals surface area contributed by atoms with Gasteiger partial charge < -0.3 is 10.1 Å². The number of benzene rings is 3. The summed E-state index contributed by atoms with van der Waals surface area (Å²) in [6.07, 6.45) is 1.83. The number of para-hydroxylation sites is 1. The zero-order valence-corrected chi connectivity index (χ0v) is 23.7. The molecule has 2 atom stereocenters. The number of carbonyl (C=O) groups is 2. The number of hydrogen-bond acceptors (Lipinski definition) is 5. The van der Waals surface area contributed by atoms with Crippen molar-refractivity contribution in [1.82, 2.24) is 15.1 Å². The molecular weight excluding hydrogens is 563 g/mol. The van der Waals surface area contributed by atoms with E-state index in [-0.39, 0.29) is 36.0 Å². The van der Waals surface area contributed by atoms with Crippen LogP contribution in [0.25, 0.3) is 16.9 Å². The summed E-state index contributed by atoms with van der Waals surface area (Å²) in [7, 11) is 0. The lowest BCUT2D eigenvalue weighted by atomic mass is 9.99. The molecule has 0 aliphatic carbocycles. The molecule has 3 aromatic carbocycles. The fraction of sp³-hybridized carbons (Fsp3) is 0.258. The maximum Gasteiger partial charge on any atom is 0.240 e. The Morgan fingerprint density at radius 3 is 2.66 bits per heavy atom. The minimum absolute atomic E-state index is 0.0272. The van der Waals surface area contributed by atoms with Crippen molar-refractivity contribution in [2.75, 3.05) is 30.3 Å². The molecule has 10 heteroatoms. The van der Waals surface area contributed by atoms with Gasteiger partial charge in [-0.05, 0) is 42.7 Å². The van der Waals surface area contributed by atoms with Gasteiger partial charge in [-0.3, -0.25) is 14.5 Å². The number of thioether (sulfide) groups is 1. The highest BCUT2D eigenvalue weighted by Crippen LogP contribution is 2.49. The van der Waals surface area contributed by atoms with Gasteiger partial charge in [0.2, 0.25) is 11.8 Å². The third kappa shape index (κ3) is 5.75. The number of anilines is 1. The molecule has 2 unspecified atom stereocenters. The Morgan fingerprint density at radius 1 is 1.10 bits per heavy atom. The molecule has 2 amide bonds. The van der Waals surface area contributed by atoms with Gasteiger partial charge >= 0.3 is 0 Å². The fourth-order valence-electron chi connectivity index (χ4n) is 5.29. The van der Waals surface area contributed by atoms with Gasteiger partial charge in [-0.25, -0.2) is 9.07 Å². The van der Waals surface area contributed by atoms with E-state index in [1.807, 2.05) is 54.6 Å². The van der Waals surface area contributed by atoms with Crippen molar-refractivity contribution in [2.45, 2.75) is 24.2 Å². The summed E-state index contributed by atoms with van der Waals surface area (Å²) < 4.78 is 21.8. The molecule has 1 fully saturated rings. The van der Waals surface area contributed by atoms with Crippen molar-refractivity contribution in [2.24, 2.45) is 0 Å². The quantitative estimate of drug-likeness (QED) is 0.295. The molecule has 0 spiro atoms. The number of rotatable bonds is 7. The number of nitrogens with zero attached hydrogens (tertiary/aromatic N) is 3. The summed E-state index contributed by atoms with van der Waals surface area (Å²) in [5.41, 5.74) is 3.43. The summed E-state index contributed by atoms with van der Waals surface area (Å²) in [5, 5.41) is 7.95. The molecule has 1 N–H and O–H groups in total. The molecular formula is C31H28ClFN4O3S. The highest BCUT2D eigenvalue weighted by molar-refractivity contribution is 8.00. The smallest absolute Gasteiger partial charge is 0.240 e. The maximum atomic E-state index is 14.5. The van der Waals surface area contributed by atoms with Crippen molar-refractivity contribution in [3.05, 3.63) is 101 Å². The third-order valence-electron chi connectivity index (χ3n) is 7.22. The summed E-state index contributed by atoms with van der Waals surface area (Å²) >= 11 is 8.06. The molecule has 210 valence electrons. The Balaban J connectivity index is 1.53. The second kappa shape index (κ2) is 12.1. The highest BCUT2D eigenvalue weighted by Gasteiger charge is 2.38. The van der Waals surface area contributed by atoms with Crippen molar-refractivity contribution < 1.29 is 18.7 Å². The van der Waals surface area contributed by atoms with E-state index in [0.717, 1.165) is 18.4 Å². The predicted octanol–water partition coefficient (Wildman–Crippen LogP) is 5.80. The minimum Gasteiger partial charge on any atom is -0.376 e. The van der Waals surface area contributed by atoms with E-state index < -0.39 is 5.25 Å². The van der Waals surface area contributed by atoms with Crippen LogP contribution in [0.1, 0.15) is 29.2 Å². The molecule has 7 nitrogen and oxygen atoms in total. The van der Waals surface area contributed by atoms with Gasteiger partial charge in [0, 0.05) is 24.3 Å². The van der Waals surface area contributed by atoms with Crippen LogP contribution in [0.3, 0.4) is 0 Å². The van der Waals surface area contributed by atoms with Crippen molar-refractivity contribution in [3.63, 3.8) is 0 Å². The molecule has 0 saturated carbocycles. The Morgan fingerprint density at radius 2 is 1.90 bits per heavy atom. The lowest BCUT2D eigenvalue weighted by molar-refractivity contribution is -0.123. The molecule has 0 bridgehead atoms. The average molecular weight is 591 g/mol. The van der Waals surface area contributed by atoms with Crippen LogP contribution in [-0.4, -0.2) is 53.1 Å². The van der Waals surface area contributed by atoms with Gasteiger partial charge in [-0.2, -0.15) is 5.10 Å². The van der Waals surface area contributed by atoms with E-state index in [1.54, 1.807) is 16.8 Å². The Labute approximate surface area is 246 Å². The number of amides is 2. The molecule has 1 saturated heterocycles. The van der Waals surface area contributed by atoms with E-state index in [1.165, 1.54) is 28.8 Å². The van der Waals surface area contributed by atoms with Crippen LogP contribution in [0, 0.1) is 5.82 Å². The van der Waals surface area contributed by atoms with Gasteiger partial charge in [0.15, 0.2) is 0 Å². The summed E-state index contributed by atoms with van der Waals surface area (Å²) in [6, 6.07) is 23.3. The first kappa shape index (κ1) is 27.5. The first-order valence-electron chi connectivity index (χ1n) is 13.5. The number of aromatic nitrogens is 2. The van der Waals surface area contributed by atoms with Crippen molar-refractivity contribution in [3.8, 4) is 16.9 Å². The van der Waals surface area contributed by atoms with E-state index in [2.05, 4.69) is 5.32 Å². The second-order valence-electron chi connectivity index (χ2n) is 9.98. The van der Waals surface area contributed by atoms with Crippen molar-refractivity contribution in [1.29, 1.82) is 0 Å². The third-order valence-corrected chi connectivity index (χ3v) is 8.80. The van der Waals surface area contributed by atoms with Crippen molar-refractivity contribution >= 4 is 41.0 Å². The van der Waals surface area contributed by atoms with E-state index in [0.29, 0.717) is 46.5 Å². The first-order valence-corrected chi connectivity index (χ1v) is 14.9. The van der Waals surface area contributed by atoms with Crippen LogP contribution in [0.2, 0.25) is 5.02 Å². The van der Waals surface area contributed by atoms with Gasteiger partial charge in [0.25, 0.3) is 0 Å². The zero-order valence-electron chi connectivity index (χ0n) is 22.1. The van der Waals surface area contributed by atoms with Gasteiger partial charge in [-0.1, -0.05) is 66.2 Å². The SMILES string of the molecule is O=C(CN1C(=O)CSC(c2cccc(F)c2)c2c(-c3ccccc3)nn(-c3ccccc3Cl)c21)NCC1CCCO1. The van der Waals surface area contributed by atoms with Crippen LogP contribution in [0.5, 0.6) is 0 Å². The molecule has 41 heavy (non-hydrogen) atoms. The van der Waals surface area contributed by atoms with Crippen LogP contribution < -0.4 is 10.2 Å². The Hall–Kier alpha value is -3.66. The van der Waals surface area contributed by atoms with Gasteiger partial charge in [-0.15, -0.1) is 11.8 Å². The predicted molar refractivity (Wildman–Crippen MR) is 159 cm³/mol. The number of hydrogen-bond donors (Lipinski definition) is 1. The maximum absolute atomic E-state index is 14.5. The average Bonchev–Trinajstić information content (AvgIpc) is 3.61. The van der Waals surface area contributed by atoms with Crippen LogP contribution in [-0.2, 0) is 14.3 Å². The van der Waals surface area contributed by atoms with Crippen LogP contribution >= 0.6 is 23.4 Å². The number of carbonyl (C=O) groups excluding carboxylic acids is 2. The molecule has 0 radical (unpaired) electrons. The van der Waals surface area contributed by atoms with Crippen LogP contribution in [0.15, 0.2) is 78.9 Å². The largest absolute Gasteiger partial charge is 0.376 e. The molecule has 6 rings (SSSR count). The Kier molecular flexibility index (Phi) is 8.09. The highest BCUT2D eigenvalue weighted by atomic mass is 35.5. The number of halogens is 2. The van der Waals surface area contributed by atoms with E-state index in [9.17, 15) is 14.0 Å². The molecule has 4 aromatic rings. The van der Waals surface area contributed by atoms with E-state index in [4.69, 9.17) is 21.4 Å². The topological polar surface area (TPSA) is 76.5 Å². The number of ether oxygens (including phenoxy) is 1. The lowest BCUT2D eigenvalue weighted by Crippen LogP contribution is -2.44. The van der Waals surface area contributed by atoms with E-state index >= 15 is 0 Å². The second-order valence-corrected chi connectivity index (χ2v) is 11.5. The van der Waals surface area contributed by atoms with Gasteiger partial charge in [0.1, 0.15) is 18.2 Å². The molecule has 1 aromatic heterocycles. The van der Waals surface area contributed by atoms with Gasteiger partial charge in [0.05, 0.1) is 33.5 Å². The molecule has 3 heterocycles. The summed E-state index contributed by atoms with van der Waals surface area (Å²) in [4.78, 5) is 28.5. The standard InChI is InChI=1S/C31H28ClFN4O3S/c32-24-13-4-5-14-25(24)37-31-28(29(35-37)20-8-2-1-3-9-20)30(21-10-6-11-22(33)16-21)41-19-27(39)36(31)18-26(38)34-17-23-12-7-15-40-23/h1-6,8-11,13-14,16,23,30H,7,12,15,17-19H2,(H,34,38). The molecule has 2 aliphatic heterocycles. The minimum atomic E-state index is -0.434.